The van der Waals surface area contributed by atoms with E-state index in [4.69, 9.17) is 5.11 Å². The van der Waals surface area contributed by atoms with Crippen molar-refractivity contribution < 1.29 is 14.7 Å². The van der Waals surface area contributed by atoms with Gasteiger partial charge < -0.3 is 15.7 Å². The standard InChI is InChI=1S/C15H22N2O3/c1-10(2)15(3,4)9-16-14(20)17-12-7-5-11(6-8-12)13(18)19/h5-8,10H,9H2,1-4H3,(H,18,19)(H2,16,17,20). The van der Waals surface area contributed by atoms with E-state index in [0.717, 1.165) is 0 Å². The molecule has 0 saturated heterocycles. The third-order valence-electron chi connectivity index (χ3n) is 3.66. The van der Waals surface area contributed by atoms with E-state index < -0.39 is 5.97 Å². The first-order valence-electron chi connectivity index (χ1n) is 6.60. The van der Waals surface area contributed by atoms with Crippen LogP contribution in [0.25, 0.3) is 0 Å². The predicted molar refractivity (Wildman–Crippen MR) is 79.0 cm³/mol. The van der Waals surface area contributed by atoms with E-state index in [0.29, 0.717) is 18.2 Å². The number of carbonyl (C=O) groups is 2. The van der Waals surface area contributed by atoms with Crippen LogP contribution in [-0.4, -0.2) is 23.7 Å². The Kier molecular flexibility index (Phi) is 5.13. The van der Waals surface area contributed by atoms with Crippen molar-refractivity contribution in [2.75, 3.05) is 11.9 Å². The Morgan fingerprint density at radius 3 is 2.20 bits per heavy atom. The molecule has 5 heteroatoms. The molecular weight excluding hydrogens is 256 g/mol. The fourth-order valence-corrected chi connectivity index (χ4v) is 1.38. The van der Waals surface area contributed by atoms with Crippen LogP contribution in [0.4, 0.5) is 10.5 Å². The molecule has 0 aliphatic carbocycles. The number of hydrogen-bond acceptors (Lipinski definition) is 2. The van der Waals surface area contributed by atoms with Gasteiger partial charge in [0.2, 0.25) is 0 Å². The molecule has 0 aliphatic rings. The Labute approximate surface area is 119 Å². The SMILES string of the molecule is CC(C)C(C)(C)CNC(=O)Nc1ccc(C(=O)O)cc1. The van der Waals surface area contributed by atoms with Gasteiger partial charge in [-0.2, -0.15) is 0 Å². The van der Waals surface area contributed by atoms with Crippen molar-refractivity contribution in [1.82, 2.24) is 5.32 Å². The van der Waals surface area contributed by atoms with Crippen molar-refractivity contribution in [3.63, 3.8) is 0 Å². The van der Waals surface area contributed by atoms with Gasteiger partial charge in [-0.05, 0) is 35.6 Å². The van der Waals surface area contributed by atoms with Gasteiger partial charge in [-0.1, -0.05) is 27.7 Å². The topological polar surface area (TPSA) is 78.4 Å². The molecule has 0 bridgehead atoms. The molecule has 0 radical (unpaired) electrons. The molecule has 1 aromatic carbocycles. The zero-order chi connectivity index (χ0) is 15.3. The van der Waals surface area contributed by atoms with E-state index in [-0.39, 0.29) is 17.0 Å². The van der Waals surface area contributed by atoms with E-state index >= 15 is 0 Å². The van der Waals surface area contributed by atoms with Crippen molar-refractivity contribution >= 4 is 17.7 Å². The van der Waals surface area contributed by atoms with E-state index in [1.54, 1.807) is 12.1 Å². The fourth-order valence-electron chi connectivity index (χ4n) is 1.38. The van der Waals surface area contributed by atoms with E-state index in [9.17, 15) is 9.59 Å². The maximum Gasteiger partial charge on any atom is 0.335 e. The zero-order valence-electron chi connectivity index (χ0n) is 12.4. The van der Waals surface area contributed by atoms with Crippen LogP contribution in [-0.2, 0) is 0 Å². The Bertz CT molecular complexity index is 478. The maximum atomic E-state index is 11.8. The van der Waals surface area contributed by atoms with Crippen molar-refractivity contribution in [3.05, 3.63) is 29.8 Å². The lowest BCUT2D eigenvalue weighted by Crippen LogP contribution is -2.39. The summed E-state index contributed by atoms with van der Waals surface area (Å²) in [5.41, 5.74) is 0.775. The number of amides is 2. The molecule has 0 saturated carbocycles. The first kappa shape index (κ1) is 16.0. The van der Waals surface area contributed by atoms with Crippen LogP contribution in [0.5, 0.6) is 0 Å². The third-order valence-corrected chi connectivity index (χ3v) is 3.66. The second-order valence-corrected chi connectivity index (χ2v) is 5.83. The Morgan fingerprint density at radius 1 is 1.20 bits per heavy atom. The molecule has 0 spiro atoms. The predicted octanol–water partition coefficient (Wildman–Crippen LogP) is 3.19. The molecule has 20 heavy (non-hydrogen) atoms. The van der Waals surface area contributed by atoms with Gasteiger partial charge in [0.1, 0.15) is 0 Å². The molecule has 0 atom stereocenters. The number of anilines is 1. The van der Waals surface area contributed by atoms with Gasteiger partial charge in [0.25, 0.3) is 0 Å². The summed E-state index contributed by atoms with van der Waals surface area (Å²) in [6, 6.07) is 5.75. The Morgan fingerprint density at radius 2 is 1.75 bits per heavy atom. The van der Waals surface area contributed by atoms with Gasteiger partial charge in [-0.3, -0.25) is 0 Å². The van der Waals surface area contributed by atoms with E-state index in [1.807, 2.05) is 0 Å². The average Bonchev–Trinajstić information content (AvgIpc) is 2.37. The van der Waals surface area contributed by atoms with Gasteiger partial charge in [0, 0.05) is 12.2 Å². The largest absolute Gasteiger partial charge is 0.478 e. The van der Waals surface area contributed by atoms with Crippen LogP contribution in [0.2, 0.25) is 0 Å². The number of carbonyl (C=O) groups excluding carboxylic acids is 1. The summed E-state index contributed by atoms with van der Waals surface area (Å²) in [5.74, 6) is -0.530. The normalized spacial score (nSPS) is 11.2. The van der Waals surface area contributed by atoms with Crippen LogP contribution in [0.15, 0.2) is 24.3 Å². The monoisotopic (exact) mass is 278 g/mol. The van der Waals surface area contributed by atoms with Gasteiger partial charge in [0.15, 0.2) is 0 Å². The van der Waals surface area contributed by atoms with Gasteiger partial charge in [0.05, 0.1) is 5.56 Å². The number of benzene rings is 1. The molecule has 5 nitrogen and oxygen atoms in total. The molecule has 2 amide bonds. The van der Waals surface area contributed by atoms with Crippen molar-refractivity contribution in [3.8, 4) is 0 Å². The first-order valence-corrected chi connectivity index (χ1v) is 6.60. The number of carboxylic acid groups (broad SMARTS) is 1. The summed E-state index contributed by atoms with van der Waals surface area (Å²) in [5, 5.41) is 14.3. The van der Waals surface area contributed by atoms with Crippen LogP contribution >= 0.6 is 0 Å². The number of rotatable bonds is 5. The number of carboxylic acids is 1. The zero-order valence-corrected chi connectivity index (χ0v) is 12.4. The highest BCUT2D eigenvalue weighted by molar-refractivity contribution is 5.91. The van der Waals surface area contributed by atoms with Gasteiger partial charge in [-0.15, -0.1) is 0 Å². The molecule has 0 unspecified atom stereocenters. The number of nitrogens with one attached hydrogen (secondary N) is 2. The number of hydrogen-bond donors (Lipinski definition) is 3. The number of aromatic carboxylic acids is 1. The fraction of sp³-hybridized carbons (Fsp3) is 0.467. The van der Waals surface area contributed by atoms with Crippen LogP contribution < -0.4 is 10.6 Å². The van der Waals surface area contributed by atoms with Crippen LogP contribution in [0, 0.1) is 11.3 Å². The minimum Gasteiger partial charge on any atom is -0.478 e. The number of urea groups is 1. The molecule has 3 N–H and O–H groups in total. The highest BCUT2D eigenvalue weighted by atomic mass is 16.4. The maximum absolute atomic E-state index is 11.8. The lowest BCUT2D eigenvalue weighted by molar-refractivity contribution is 0.0697. The molecule has 1 rings (SSSR count). The summed E-state index contributed by atoms with van der Waals surface area (Å²) in [6.45, 7) is 9.00. The average molecular weight is 278 g/mol. The second-order valence-electron chi connectivity index (χ2n) is 5.83. The van der Waals surface area contributed by atoms with Crippen molar-refractivity contribution in [2.45, 2.75) is 27.7 Å². The highest BCUT2D eigenvalue weighted by Crippen LogP contribution is 2.24. The van der Waals surface area contributed by atoms with Gasteiger partial charge in [-0.25, -0.2) is 9.59 Å². The molecule has 0 heterocycles. The minimum atomic E-state index is -0.986. The molecular formula is C15H22N2O3. The van der Waals surface area contributed by atoms with Gasteiger partial charge >= 0.3 is 12.0 Å². The summed E-state index contributed by atoms with van der Waals surface area (Å²) >= 11 is 0. The van der Waals surface area contributed by atoms with Crippen molar-refractivity contribution in [2.24, 2.45) is 11.3 Å². The molecule has 110 valence electrons. The Hall–Kier alpha value is -2.04. The summed E-state index contributed by atoms with van der Waals surface area (Å²) in [6.07, 6.45) is 0. The molecule has 1 aromatic rings. The Balaban J connectivity index is 2.52. The van der Waals surface area contributed by atoms with E-state index in [1.165, 1.54) is 12.1 Å². The van der Waals surface area contributed by atoms with E-state index in [2.05, 4.69) is 38.3 Å². The minimum absolute atomic E-state index is 0.0184. The third kappa shape index (κ3) is 4.57. The molecule has 0 fully saturated rings. The van der Waals surface area contributed by atoms with Crippen molar-refractivity contribution in [1.29, 1.82) is 0 Å². The molecule has 0 aliphatic heterocycles. The quantitative estimate of drug-likeness (QED) is 0.774. The molecule has 0 aromatic heterocycles. The smallest absolute Gasteiger partial charge is 0.335 e. The lowest BCUT2D eigenvalue weighted by Gasteiger charge is -2.29. The lowest BCUT2D eigenvalue weighted by atomic mass is 9.81. The second kappa shape index (κ2) is 6.41. The first-order chi connectivity index (χ1) is 9.22. The van der Waals surface area contributed by atoms with Crippen LogP contribution in [0.3, 0.4) is 0 Å². The highest BCUT2D eigenvalue weighted by Gasteiger charge is 2.22. The summed E-state index contributed by atoms with van der Waals surface area (Å²) in [7, 11) is 0. The summed E-state index contributed by atoms with van der Waals surface area (Å²) < 4.78 is 0. The summed E-state index contributed by atoms with van der Waals surface area (Å²) in [4.78, 5) is 22.5. The van der Waals surface area contributed by atoms with Crippen LogP contribution in [0.1, 0.15) is 38.1 Å².